The summed E-state index contributed by atoms with van der Waals surface area (Å²) < 4.78 is 5.37. The van der Waals surface area contributed by atoms with E-state index in [2.05, 4.69) is 5.32 Å². The molecule has 1 N–H and O–H groups in total. The van der Waals surface area contributed by atoms with Gasteiger partial charge in [0.05, 0.1) is 24.0 Å². The van der Waals surface area contributed by atoms with Crippen molar-refractivity contribution in [3.05, 3.63) is 69.8 Å². The number of carbonyl (C=O) groups excluding carboxylic acids is 1. The van der Waals surface area contributed by atoms with Crippen molar-refractivity contribution in [3.63, 3.8) is 0 Å². The summed E-state index contributed by atoms with van der Waals surface area (Å²) in [6.45, 7) is 2.64. The summed E-state index contributed by atoms with van der Waals surface area (Å²) >= 11 is 0. The summed E-state index contributed by atoms with van der Waals surface area (Å²) in [6.07, 6.45) is 0.189. The first kappa shape index (κ1) is 16.5. The lowest BCUT2D eigenvalue weighted by Gasteiger charge is -2.07. The van der Waals surface area contributed by atoms with Crippen LogP contribution in [0.15, 0.2) is 48.5 Å². The number of hydrogen-bond acceptors (Lipinski definition) is 4. The van der Waals surface area contributed by atoms with Crippen molar-refractivity contribution < 1.29 is 14.5 Å². The van der Waals surface area contributed by atoms with Crippen LogP contribution in [0.2, 0.25) is 0 Å². The molecule has 120 valence electrons. The maximum Gasteiger partial charge on any atom is 0.273 e. The van der Waals surface area contributed by atoms with Crippen LogP contribution in [0, 0.1) is 17.0 Å². The SMILES string of the molecule is Cc1ccc(CNC(=O)CCOc2cccc([N+](=O)[O-])c2)cc1. The molecule has 2 aromatic rings. The van der Waals surface area contributed by atoms with Crippen LogP contribution >= 0.6 is 0 Å². The van der Waals surface area contributed by atoms with Crippen LogP contribution in [0.1, 0.15) is 17.5 Å². The summed E-state index contributed by atoms with van der Waals surface area (Å²) in [7, 11) is 0. The van der Waals surface area contributed by atoms with Gasteiger partial charge in [-0.15, -0.1) is 0 Å². The molecule has 0 radical (unpaired) electrons. The molecular formula is C17H18N2O4. The molecule has 2 aromatic carbocycles. The van der Waals surface area contributed by atoms with Crippen LogP contribution in [0.25, 0.3) is 0 Å². The Labute approximate surface area is 134 Å². The third-order valence-corrected chi connectivity index (χ3v) is 3.24. The van der Waals surface area contributed by atoms with E-state index in [0.29, 0.717) is 12.3 Å². The zero-order chi connectivity index (χ0) is 16.7. The number of nitro benzene ring substituents is 1. The molecule has 0 spiro atoms. The van der Waals surface area contributed by atoms with Gasteiger partial charge < -0.3 is 10.1 Å². The molecule has 0 bridgehead atoms. The van der Waals surface area contributed by atoms with Crippen molar-refractivity contribution >= 4 is 11.6 Å². The minimum atomic E-state index is -0.485. The molecule has 0 heterocycles. The Morgan fingerprint density at radius 1 is 1.22 bits per heavy atom. The van der Waals surface area contributed by atoms with Crippen LogP contribution in [-0.4, -0.2) is 17.4 Å². The van der Waals surface area contributed by atoms with Crippen LogP contribution in [0.5, 0.6) is 5.75 Å². The molecule has 23 heavy (non-hydrogen) atoms. The first-order chi connectivity index (χ1) is 11.0. The summed E-state index contributed by atoms with van der Waals surface area (Å²) in [4.78, 5) is 21.9. The van der Waals surface area contributed by atoms with Gasteiger partial charge in [0.15, 0.2) is 0 Å². The number of hydrogen-bond donors (Lipinski definition) is 1. The number of carbonyl (C=O) groups is 1. The van der Waals surface area contributed by atoms with E-state index >= 15 is 0 Å². The highest BCUT2D eigenvalue weighted by molar-refractivity contribution is 5.76. The van der Waals surface area contributed by atoms with Gasteiger partial charge in [0, 0.05) is 12.6 Å². The molecule has 0 saturated carbocycles. The summed E-state index contributed by atoms with van der Waals surface area (Å²) in [5.41, 5.74) is 2.17. The molecule has 0 aliphatic carbocycles. The quantitative estimate of drug-likeness (QED) is 0.629. The third kappa shape index (κ3) is 5.43. The van der Waals surface area contributed by atoms with Crippen molar-refractivity contribution in [2.24, 2.45) is 0 Å². The van der Waals surface area contributed by atoms with Crippen molar-refractivity contribution in [2.75, 3.05) is 6.61 Å². The minimum Gasteiger partial charge on any atom is -0.493 e. The standard InChI is InChI=1S/C17H18N2O4/c1-13-5-7-14(8-6-13)12-18-17(20)9-10-23-16-4-2-3-15(11-16)19(21)22/h2-8,11H,9-10,12H2,1H3,(H,18,20). The molecule has 0 unspecified atom stereocenters. The summed E-state index contributed by atoms with van der Waals surface area (Å²) in [6, 6.07) is 13.8. The Morgan fingerprint density at radius 2 is 1.96 bits per heavy atom. The molecule has 6 nitrogen and oxygen atoms in total. The third-order valence-electron chi connectivity index (χ3n) is 3.24. The maximum atomic E-state index is 11.7. The van der Waals surface area contributed by atoms with Gasteiger partial charge in [-0.2, -0.15) is 0 Å². The highest BCUT2D eigenvalue weighted by atomic mass is 16.6. The zero-order valence-electron chi connectivity index (χ0n) is 12.8. The second-order valence-corrected chi connectivity index (χ2v) is 5.12. The summed E-state index contributed by atoms with van der Waals surface area (Å²) in [5, 5.41) is 13.5. The Hall–Kier alpha value is -2.89. The fourth-order valence-electron chi connectivity index (χ4n) is 1.94. The van der Waals surface area contributed by atoms with E-state index < -0.39 is 4.92 Å². The highest BCUT2D eigenvalue weighted by Crippen LogP contribution is 2.19. The largest absolute Gasteiger partial charge is 0.493 e. The number of amides is 1. The molecular weight excluding hydrogens is 296 g/mol. The Kier molecular flexibility index (Phi) is 5.68. The van der Waals surface area contributed by atoms with Crippen LogP contribution in [0.4, 0.5) is 5.69 Å². The molecule has 0 aliphatic heterocycles. The van der Waals surface area contributed by atoms with Gasteiger partial charge in [-0.1, -0.05) is 35.9 Å². The molecule has 0 atom stereocenters. The van der Waals surface area contributed by atoms with Crippen molar-refractivity contribution in [2.45, 2.75) is 19.9 Å². The maximum absolute atomic E-state index is 11.7. The fraction of sp³-hybridized carbons (Fsp3) is 0.235. The predicted octanol–water partition coefficient (Wildman–Crippen LogP) is 2.99. The number of ether oxygens (including phenoxy) is 1. The number of aryl methyl sites for hydroxylation is 1. The van der Waals surface area contributed by atoms with Crippen LogP contribution < -0.4 is 10.1 Å². The van der Waals surface area contributed by atoms with E-state index in [4.69, 9.17) is 4.74 Å². The van der Waals surface area contributed by atoms with Gasteiger partial charge >= 0.3 is 0 Å². The molecule has 0 aromatic heterocycles. The van der Waals surface area contributed by atoms with E-state index in [0.717, 1.165) is 5.56 Å². The van der Waals surface area contributed by atoms with Crippen LogP contribution in [0.3, 0.4) is 0 Å². The average molecular weight is 314 g/mol. The van der Waals surface area contributed by atoms with Gasteiger partial charge in [0.2, 0.25) is 5.91 Å². The predicted molar refractivity (Wildman–Crippen MR) is 86.2 cm³/mol. The normalized spacial score (nSPS) is 10.1. The number of nitrogens with zero attached hydrogens (tertiary/aromatic N) is 1. The molecule has 0 aliphatic rings. The van der Waals surface area contributed by atoms with Crippen molar-refractivity contribution in [1.29, 1.82) is 0 Å². The average Bonchev–Trinajstić information content (AvgIpc) is 2.54. The lowest BCUT2D eigenvalue weighted by atomic mass is 10.1. The molecule has 1 amide bonds. The second kappa shape index (κ2) is 7.93. The number of nitrogens with one attached hydrogen (secondary N) is 1. The summed E-state index contributed by atoms with van der Waals surface area (Å²) in [5.74, 6) is 0.251. The second-order valence-electron chi connectivity index (χ2n) is 5.12. The minimum absolute atomic E-state index is 0.0358. The van der Waals surface area contributed by atoms with E-state index in [1.54, 1.807) is 12.1 Å². The van der Waals surface area contributed by atoms with E-state index in [1.807, 2.05) is 31.2 Å². The van der Waals surface area contributed by atoms with Crippen LogP contribution in [-0.2, 0) is 11.3 Å². The lowest BCUT2D eigenvalue weighted by molar-refractivity contribution is -0.384. The Balaban J connectivity index is 1.73. The van der Waals surface area contributed by atoms with Gasteiger partial charge in [0.1, 0.15) is 5.75 Å². The van der Waals surface area contributed by atoms with Crippen molar-refractivity contribution in [1.82, 2.24) is 5.32 Å². The van der Waals surface area contributed by atoms with Gasteiger partial charge in [-0.25, -0.2) is 0 Å². The van der Waals surface area contributed by atoms with E-state index in [1.165, 1.54) is 17.7 Å². The first-order valence-electron chi connectivity index (χ1n) is 7.24. The van der Waals surface area contributed by atoms with E-state index in [-0.39, 0.29) is 24.6 Å². The lowest BCUT2D eigenvalue weighted by Crippen LogP contribution is -2.24. The zero-order valence-corrected chi connectivity index (χ0v) is 12.8. The van der Waals surface area contributed by atoms with Gasteiger partial charge in [-0.05, 0) is 18.6 Å². The first-order valence-corrected chi connectivity index (χ1v) is 7.24. The molecule has 2 rings (SSSR count). The van der Waals surface area contributed by atoms with Gasteiger partial charge in [-0.3, -0.25) is 14.9 Å². The number of nitro groups is 1. The number of non-ortho nitro benzene ring substituents is 1. The number of rotatable bonds is 7. The molecule has 0 fully saturated rings. The monoisotopic (exact) mass is 314 g/mol. The Morgan fingerprint density at radius 3 is 2.65 bits per heavy atom. The van der Waals surface area contributed by atoms with Crippen molar-refractivity contribution in [3.8, 4) is 5.75 Å². The number of benzene rings is 2. The topological polar surface area (TPSA) is 81.5 Å². The Bertz CT molecular complexity index is 683. The fourth-order valence-corrected chi connectivity index (χ4v) is 1.94. The van der Waals surface area contributed by atoms with E-state index in [9.17, 15) is 14.9 Å². The highest BCUT2D eigenvalue weighted by Gasteiger charge is 2.07. The molecule has 0 saturated heterocycles. The molecule has 6 heteroatoms. The smallest absolute Gasteiger partial charge is 0.273 e. The van der Waals surface area contributed by atoms with Gasteiger partial charge in [0.25, 0.3) is 5.69 Å².